The monoisotopic (exact) mass is 482 g/mol. The molecule has 2 atom stereocenters. The van der Waals surface area contributed by atoms with E-state index in [9.17, 15) is 5.11 Å². The molecule has 0 amide bonds. The number of fused-ring (bicyclic) bond motifs is 2. The molecule has 184 valence electrons. The normalized spacial score (nSPS) is 22.2. The van der Waals surface area contributed by atoms with Crippen LogP contribution in [-0.4, -0.2) is 75.6 Å². The van der Waals surface area contributed by atoms with Crippen LogP contribution >= 0.6 is 0 Å². The van der Waals surface area contributed by atoms with Crippen molar-refractivity contribution in [2.45, 2.75) is 37.3 Å². The molecule has 0 unspecified atom stereocenters. The summed E-state index contributed by atoms with van der Waals surface area (Å²) in [4.78, 5) is 14.6. The van der Waals surface area contributed by atoms with Gasteiger partial charge < -0.3 is 14.7 Å². The van der Waals surface area contributed by atoms with Gasteiger partial charge >= 0.3 is 0 Å². The van der Waals surface area contributed by atoms with E-state index in [1.807, 2.05) is 12.3 Å². The van der Waals surface area contributed by atoms with Gasteiger partial charge in [0.2, 0.25) is 0 Å². The van der Waals surface area contributed by atoms with Crippen LogP contribution in [0.1, 0.15) is 30.7 Å². The molecule has 5 heterocycles. The number of H-pyrrole nitrogens is 1. The average molecular weight is 483 g/mol. The van der Waals surface area contributed by atoms with Crippen molar-refractivity contribution in [1.29, 1.82) is 0 Å². The maximum absolute atomic E-state index is 10.0. The molecule has 8 heteroatoms. The third-order valence-electron chi connectivity index (χ3n) is 7.89. The molecule has 0 spiro atoms. The molecular formula is C28H30N6O2. The van der Waals surface area contributed by atoms with Crippen molar-refractivity contribution in [2.24, 2.45) is 0 Å². The molecule has 0 radical (unpaired) electrons. The van der Waals surface area contributed by atoms with Crippen molar-refractivity contribution < 1.29 is 9.84 Å². The SMILES string of the molecule is COc1cc2[nH]nc(-c3ccc(N4CCN5C[C@H](O)C[C@H]5C4)nc3)c2nc1-c1ccccc1C1CC1. The van der Waals surface area contributed by atoms with E-state index >= 15 is 0 Å². The number of hydrogen-bond donors (Lipinski definition) is 2. The topological polar surface area (TPSA) is 90.4 Å². The molecule has 1 saturated carbocycles. The first-order valence-corrected chi connectivity index (χ1v) is 12.8. The van der Waals surface area contributed by atoms with Crippen LogP contribution in [0.5, 0.6) is 5.75 Å². The Morgan fingerprint density at radius 2 is 1.94 bits per heavy atom. The van der Waals surface area contributed by atoms with Gasteiger partial charge in [0.05, 0.1) is 18.7 Å². The Kier molecular flexibility index (Phi) is 5.18. The summed E-state index contributed by atoms with van der Waals surface area (Å²) in [6.45, 7) is 3.58. The predicted octanol–water partition coefficient (Wildman–Crippen LogP) is 3.83. The van der Waals surface area contributed by atoms with Crippen molar-refractivity contribution in [2.75, 3.05) is 38.2 Å². The summed E-state index contributed by atoms with van der Waals surface area (Å²) in [6, 6.07) is 15.1. The molecule has 8 nitrogen and oxygen atoms in total. The Morgan fingerprint density at radius 3 is 2.75 bits per heavy atom. The second kappa shape index (κ2) is 8.57. The van der Waals surface area contributed by atoms with E-state index in [0.29, 0.717) is 12.0 Å². The molecule has 0 bridgehead atoms. The highest BCUT2D eigenvalue weighted by Crippen LogP contribution is 2.46. The second-order valence-electron chi connectivity index (χ2n) is 10.3. The third-order valence-corrected chi connectivity index (χ3v) is 7.89. The van der Waals surface area contributed by atoms with Crippen molar-refractivity contribution in [3.8, 4) is 28.3 Å². The Labute approximate surface area is 209 Å². The molecule has 7 rings (SSSR count). The smallest absolute Gasteiger partial charge is 0.147 e. The number of ether oxygens (including phenoxy) is 1. The summed E-state index contributed by atoms with van der Waals surface area (Å²) in [6.07, 6.45) is 4.99. The van der Waals surface area contributed by atoms with Crippen LogP contribution < -0.4 is 9.64 Å². The summed E-state index contributed by atoms with van der Waals surface area (Å²) >= 11 is 0. The number of aromatic amines is 1. The average Bonchev–Trinajstić information content (AvgIpc) is 3.57. The van der Waals surface area contributed by atoms with Crippen LogP contribution in [0, 0.1) is 0 Å². The fraction of sp³-hybridized carbons (Fsp3) is 0.393. The van der Waals surface area contributed by atoms with Crippen LogP contribution in [0.2, 0.25) is 0 Å². The largest absolute Gasteiger partial charge is 0.494 e. The second-order valence-corrected chi connectivity index (χ2v) is 10.3. The van der Waals surface area contributed by atoms with Gasteiger partial charge in [-0.1, -0.05) is 24.3 Å². The predicted molar refractivity (Wildman–Crippen MR) is 139 cm³/mol. The number of benzene rings is 1. The van der Waals surface area contributed by atoms with Crippen molar-refractivity contribution in [3.63, 3.8) is 0 Å². The van der Waals surface area contributed by atoms with Crippen LogP contribution in [0.15, 0.2) is 48.7 Å². The lowest BCUT2D eigenvalue weighted by Gasteiger charge is -2.37. The van der Waals surface area contributed by atoms with E-state index in [4.69, 9.17) is 14.7 Å². The van der Waals surface area contributed by atoms with Crippen LogP contribution in [0.4, 0.5) is 5.82 Å². The van der Waals surface area contributed by atoms with Gasteiger partial charge in [0, 0.05) is 55.6 Å². The number of piperazine rings is 1. The third kappa shape index (κ3) is 3.72. The van der Waals surface area contributed by atoms with Crippen molar-refractivity contribution in [3.05, 3.63) is 54.2 Å². The molecule has 1 aliphatic carbocycles. The van der Waals surface area contributed by atoms with Gasteiger partial charge in [-0.05, 0) is 42.9 Å². The molecule has 2 aliphatic heterocycles. The number of aliphatic hydroxyl groups excluding tert-OH is 1. The van der Waals surface area contributed by atoms with Crippen LogP contribution in [-0.2, 0) is 0 Å². The number of pyridine rings is 2. The number of methoxy groups -OCH3 is 1. The van der Waals surface area contributed by atoms with E-state index in [-0.39, 0.29) is 6.10 Å². The number of aromatic nitrogens is 4. The quantitative estimate of drug-likeness (QED) is 0.447. The first-order valence-electron chi connectivity index (χ1n) is 12.8. The maximum Gasteiger partial charge on any atom is 0.147 e. The van der Waals surface area contributed by atoms with Gasteiger partial charge in [-0.15, -0.1) is 0 Å². The highest BCUT2D eigenvalue weighted by Gasteiger charge is 2.35. The minimum absolute atomic E-state index is 0.203. The summed E-state index contributed by atoms with van der Waals surface area (Å²) in [5, 5.41) is 17.8. The Bertz CT molecular complexity index is 1410. The summed E-state index contributed by atoms with van der Waals surface area (Å²) in [7, 11) is 1.69. The standard InChI is InChI=1S/C28H30N6O2/c1-36-24-13-23-28(30-27(24)22-5-3-2-4-21(22)17-6-7-17)26(32-31-23)18-8-9-25(29-14-18)34-11-10-33-16-20(35)12-19(33)15-34/h2-5,8-9,13-14,17,19-20,35H,6-7,10-12,15-16H2,1H3,(H,31,32)/t19-,20+/m0/s1. The molecule has 3 fully saturated rings. The number of nitrogens with one attached hydrogen (secondary N) is 1. The lowest BCUT2D eigenvalue weighted by molar-refractivity contribution is 0.173. The molecule has 2 saturated heterocycles. The highest BCUT2D eigenvalue weighted by atomic mass is 16.5. The van der Waals surface area contributed by atoms with E-state index < -0.39 is 0 Å². The highest BCUT2D eigenvalue weighted by molar-refractivity contribution is 5.93. The fourth-order valence-electron chi connectivity index (χ4n) is 5.88. The van der Waals surface area contributed by atoms with Gasteiger partial charge in [0.25, 0.3) is 0 Å². The zero-order valence-corrected chi connectivity index (χ0v) is 20.4. The first kappa shape index (κ1) is 21.8. The van der Waals surface area contributed by atoms with Crippen LogP contribution in [0.3, 0.4) is 0 Å². The molecule has 3 aliphatic rings. The lowest BCUT2D eigenvalue weighted by atomic mass is 9.99. The molecular weight excluding hydrogens is 452 g/mol. The molecule has 1 aromatic carbocycles. The molecule has 36 heavy (non-hydrogen) atoms. The summed E-state index contributed by atoms with van der Waals surface area (Å²) in [5.41, 5.74) is 6.72. The number of nitrogens with zero attached hydrogens (tertiary/aromatic N) is 5. The number of hydrogen-bond acceptors (Lipinski definition) is 7. The van der Waals surface area contributed by atoms with E-state index in [1.54, 1.807) is 7.11 Å². The van der Waals surface area contributed by atoms with Gasteiger partial charge in [0.15, 0.2) is 0 Å². The Balaban J connectivity index is 1.22. The van der Waals surface area contributed by atoms with Gasteiger partial charge in [0.1, 0.15) is 28.5 Å². The molecule has 4 aromatic rings. The molecule has 3 aromatic heterocycles. The van der Waals surface area contributed by atoms with E-state index in [1.165, 1.54) is 18.4 Å². The van der Waals surface area contributed by atoms with E-state index in [2.05, 4.69) is 56.4 Å². The zero-order chi connectivity index (χ0) is 24.2. The maximum atomic E-state index is 10.0. The van der Waals surface area contributed by atoms with Gasteiger partial charge in [-0.2, -0.15) is 5.10 Å². The zero-order valence-electron chi connectivity index (χ0n) is 20.4. The molecule has 2 N–H and O–H groups in total. The number of aliphatic hydroxyl groups is 1. The fourth-order valence-corrected chi connectivity index (χ4v) is 5.88. The summed E-state index contributed by atoms with van der Waals surface area (Å²) < 4.78 is 5.75. The van der Waals surface area contributed by atoms with E-state index in [0.717, 1.165) is 77.7 Å². The number of anilines is 1. The van der Waals surface area contributed by atoms with Gasteiger partial charge in [-0.25, -0.2) is 9.97 Å². The Hall–Kier alpha value is -3.49. The lowest BCUT2D eigenvalue weighted by Crippen LogP contribution is -2.50. The summed E-state index contributed by atoms with van der Waals surface area (Å²) in [5.74, 6) is 2.32. The number of rotatable bonds is 5. The minimum Gasteiger partial charge on any atom is -0.494 e. The first-order chi connectivity index (χ1) is 17.7. The van der Waals surface area contributed by atoms with Crippen LogP contribution in [0.25, 0.3) is 33.5 Å². The van der Waals surface area contributed by atoms with Crippen molar-refractivity contribution >= 4 is 16.9 Å². The van der Waals surface area contributed by atoms with Crippen molar-refractivity contribution in [1.82, 2.24) is 25.1 Å². The van der Waals surface area contributed by atoms with Gasteiger partial charge in [-0.3, -0.25) is 10.00 Å². The Morgan fingerprint density at radius 1 is 1.06 bits per heavy atom. The minimum atomic E-state index is -0.203.